The second-order valence-electron chi connectivity index (χ2n) is 9.50. The Morgan fingerprint density at radius 1 is 1.00 bits per heavy atom. The van der Waals surface area contributed by atoms with Gasteiger partial charge in [0.05, 0.1) is 10.6 Å². The van der Waals surface area contributed by atoms with E-state index in [2.05, 4.69) is 0 Å². The zero-order valence-electron chi connectivity index (χ0n) is 19.5. The van der Waals surface area contributed by atoms with Gasteiger partial charge in [-0.05, 0) is 77.4 Å². The first-order chi connectivity index (χ1) is 17.0. The molecule has 0 bridgehead atoms. The number of nitrogens with zero attached hydrogens (tertiary/aromatic N) is 1. The van der Waals surface area contributed by atoms with Crippen LogP contribution in [0.15, 0.2) is 60.7 Å². The van der Waals surface area contributed by atoms with E-state index in [0.29, 0.717) is 19.1 Å². The quantitative estimate of drug-likeness (QED) is 0.395. The summed E-state index contributed by atoms with van der Waals surface area (Å²) in [7, 11) is 0. The first kappa shape index (κ1) is 23.4. The topological polar surface area (TPSA) is 66.8 Å². The van der Waals surface area contributed by atoms with Crippen LogP contribution in [0.1, 0.15) is 63.9 Å². The number of halogens is 1. The van der Waals surface area contributed by atoms with Crippen molar-refractivity contribution in [3.63, 3.8) is 0 Å². The van der Waals surface area contributed by atoms with Gasteiger partial charge in [0.15, 0.2) is 0 Å². The molecule has 6 heteroatoms. The van der Waals surface area contributed by atoms with Crippen LogP contribution in [0.3, 0.4) is 0 Å². The molecule has 35 heavy (non-hydrogen) atoms. The number of carbonyl (C=O) groups is 2. The zero-order valence-corrected chi connectivity index (χ0v) is 20.3. The molecule has 3 aromatic rings. The van der Waals surface area contributed by atoms with Crippen molar-refractivity contribution in [3.8, 4) is 16.9 Å². The summed E-state index contributed by atoms with van der Waals surface area (Å²) >= 11 is 6.01. The summed E-state index contributed by atoms with van der Waals surface area (Å²) < 4.78 is 6.06. The molecule has 0 saturated heterocycles. The van der Waals surface area contributed by atoms with Crippen molar-refractivity contribution in [3.05, 3.63) is 87.9 Å². The van der Waals surface area contributed by atoms with E-state index in [1.165, 1.54) is 32.1 Å². The molecule has 1 heterocycles. The summed E-state index contributed by atoms with van der Waals surface area (Å²) in [6.45, 7) is 1.87. The molecular formula is C29H28ClNO4. The highest BCUT2D eigenvalue weighted by Gasteiger charge is 2.29. The van der Waals surface area contributed by atoms with Crippen LogP contribution in [0.4, 0.5) is 0 Å². The fraction of sp³-hybridized carbons (Fsp3) is 0.310. The van der Waals surface area contributed by atoms with Gasteiger partial charge in [-0.2, -0.15) is 0 Å². The monoisotopic (exact) mass is 489 g/mol. The molecule has 1 amide bonds. The number of hydrogen-bond acceptors (Lipinski definition) is 3. The summed E-state index contributed by atoms with van der Waals surface area (Å²) in [6, 6.07) is 18.5. The van der Waals surface area contributed by atoms with Crippen LogP contribution >= 0.6 is 11.6 Å². The lowest BCUT2D eigenvalue weighted by Crippen LogP contribution is -2.30. The third-order valence-electron chi connectivity index (χ3n) is 7.02. The molecule has 1 fully saturated rings. The third kappa shape index (κ3) is 5.20. The van der Waals surface area contributed by atoms with Gasteiger partial charge in [-0.15, -0.1) is 0 Å². The van der Waals surface area contributed by atoms with Gasteiger partial charge in [-0.3, -0.25) is 4.79 Å². The summed E-state index contributed by atoms with van der Waals surface area (Å²) in [5.74, 6) is 0.440. The summed E-state index contributed by atoms with van der Waals surface area (Å²) in [4.78, 5) is 26.3. The average molecular weight is 490 g/mol. The SMILES string of the molecule is O=C(O)c1cc(-c2cccc(COc3ccc4c(c3)CN(CC3CCCCC3)C4=O)c2)ccc1Cl. The van der Waals surface area contributed by atoms with E-state index >= 15 is 0 Å². The van der Waals surface area contributed by atoms with Gasteiger partial charge in [0.1, 0.15) is 12.4 Å². The van der Waals surface area contributed by atoms with Crippen molar-refractivity contribution in [2.45, 2.75) is 45.3 Å². The number of hydrogen-bond donors (Lipinski definition) is 1. The van der Waals surface area contributed by atoms with E-state index in [9.17, 15) is 14.7 Å². The maximum absolute atomic E-state index is 12.9. The smallest absolute Gasteiger partial charge is 0.337 e. The number of fused-ring (bicyclic) bond motifs is 1. The second-order valence-corrected chi connectivity index (χ2v) is 9.90. The summed E-state index contributed by atoms with van der Waals surface area (Å²) in [6.07, 6.45) is 6.31. The Morgan fingerprint density at radius 2 is 1.80 bits per heavy atom. The van der Waals surface area contributed by atoms with Gasteiger partial charge in [-0.1, -0.05) is 55.1 Å². The van der Waals surface area contributed by atoms with E-state index in [-0.39, 0.29) is 16.5 Å². The molecule has 5 rings (SSSR count). The molecule has 1 saturated carbocycles. The molecule has 180 valence electrons. The molecule has 2 aliphatic rings. The maximum Gasteiger partial charge on any atom is 0.337 e. The largest absolute Gasteiger partial charge is 0.489 e. The molecule has 1 aliphatic carbocycles. The van der Waals surface area contributed by atoms with Crippen molar-refractivity contribution in [1.82, 2.24) is 4.90 Å². The molecule has 0 radical (unpaired) electrons. The lowest BCUT2D eigenvalue weighted by atomic mass is 9.89. The number of carbonyl (C=O) groups excluding carboxylic acids is 1. The van der Waals surface area contributed by atoms with Crippen molar-refractivity contribution in [1.29, 1.82) is 0 Å². The Hall–Kier alpha value is -3.31. The van der Waals surface area contributed by atoms with Crippen LogP contribution in [0.25, 0.3) is 11.1 Å². The molecule has 0 atom stereocenters. The average Bonchev–Trinajstić information content (AvgIpc) is 3.18. The highest BCUT2D eigenvalue weighted by atomic mass is 35.5. The van der Waals surface area contributed by atoms with E-state index in [4.69, 9.17) is 16.3 Å². The zero-order chi connectivity index (χ0) is 24.4. The highest BCUT2D eigenvalue weighted by Crippen LogP contribution is 2.31. The first-order valence-electron chi connectivity index (χ1n) is 12.1. The van der Waals surface area contributed by atoms with Crippen LogP contribution < -0.4 is 4.74 Å². The van der Waals surface area contributed by atoms with E-state index in [1.807, 2.05) is 53.4 Å². The van der Waals surface area contributed by atoms with Gasteiger partial charge < -0.3 is 14.7 Å². The standard InChI is InChI=1S/C29H28ClNO4/c30-27-12-9-22(15-26(27)29(33)34)21-8-4-7-20(13-21)18-35-24-10-11-25-23(14-24)17-31(28(25)32)16-19-5-2-1-3-6-19/h4,7-15,19H,1-3,5-6,16-18H2,(H,33,34). The Balaban J connectivity index is 1.25. The minimum atomic E-state index is -1.05. The van der Waals surface area contributed by atoms with Gasteiger partial charge in [0.25, 0.3) is 5.91 Å². The number of rotatable bonds is 7. The molecule has 1 aliphatic heterocycles. The Bertz CT molecular complexity index is 1270. The predicted octanol–water partition coefficient (Wildman–Crippen LogP) is 6.82. The predicted molar refractivity (Wildman–Crippen MR) is 136 cm³/mol. The first-order valence-corrected chi connectivity index (χ1v) is 12.5. The number of benzene rings is 3. The Kier molecular flexibility index (Phi) is 6.78. The van der Waals surface area contributed by atoms with Crippen molar-refractivity contribution in [2.24, 2.45) is 5.92 Å². The summed E-state index contributed by atoms with van der Waals surface area (Å²) in [5.41, 5.74) is 4.53. The van der Waals surface area contributed by atoms with E-state index in [0.717, 1.165) is 40.1 Å². The molecule has 3 aromatic carbocycles. The van der Waals surface area contributed by atoms with Crippen LogP contribution in [0.2, 0.25) is 5.02 Å². The fourth-order valence-electron chi connectivity index (χ4n) is 5.15. The van der Waals surface area contributed by atoms with Crippen molar-refractivity contribution < 1.29 is 19.4 Å². The summed E-state index contributed by atoms with van der Waals surface area (Å²) in [5, 5.41) is 9.57. The van der Waals surface area contributed by atoms with Gasteiger partial charge in [0, 0.05) is 18.7 Å². The lowest BCUT2D eigenvalue weighted by Gasteiger charge is -2.26. The van der Waals surface area contributed by atoms with Crippen LogP contribution in [-0.4, -0.2) is 28.4 Å². The molecule has 0 unspecified atom stereocenters. The minimum absolute atomic E-state index is 0.0797. The van der Waals surface area contributed by atoms with E-state index in [1.54, 1.807) is 12.1 Å². The fourth-order valence-corrected chi connectivity index (χ4v) is 5.35. The molecule has 0 spiro atoms. The second kappa shape index (κ2) is 10.1. The lowest BCUT2D eigenvalue weighted by molar-refractivity contribution is 0.0695. The minimum Gasteiger partial charge on any atom is -0.489 e. The number of amides is 1. The number of carboxylic acid groups (broad SMARTS) is 1. The highest BCUT2D eigenvalue weighted by molar-refractivity contribution is 6.33. The van der Waals surface area contributed by atoms with Crippen LogP contribution in [0.5, 0.6) is 5.75 Å². The molecule has 0 aromatic heterocycles. The van der Waals surface area contributed by atoms with Crippen molar-refractivity contribution in [2.75, 3.05) is 6.54 Å². The van der Waals surface area contributed by atoms with Crippen LogP contribution in [0, 0.1) is 5.92 Å². The number of aromatic carboxylic acids is 1. The maximum atomic E-state index is 12.9. The number of ether oxygens (including phenoxy) is 1. The normalized spacial score (nSPS) is 15.8. The third-order valence-corrected chi connectivity index (χ3v) is 7.35. The molecule has 1 N–H and O–H groups in total. The number of carboxylic acids is 1. The Morgan fingerprint density at radius 3 is 2.60 bits per heavy atom. The van der Waals surface area contributed by atoms with E-state index < -0.39 is 5.97 Å². The van der Waals surface area contributed by atoms with Crippen LogP contribution in [-0.2, 0) is 13.2 Å². The Labute approximate surface area is 210 Å². The molecule has 5 nitrogen and oxygen atoms in total. The molecular weight excluding hydrogens is 462 g/mol. The van der Waals surface area contributed by atoms with Gasteiger partial charge >= 0.3 is 5.97 Å². The van der Waals surface area contributed by atoms with Crippen molar-refractivity contribution >= 4 is 23.5 Å². The van der Waals surface area contributed by atoms with Gasteiger partial charge in [0.2, 0.25) is 0 Å². The van der Waals surface area contributed by atoms with Gasteiger partial charge in [-0.25, -0.2) is 4.79 Å².